The standard InChI is InChI=1S/C16H19NO/c1-3-12-8-9-15-10-11-18-16(12,15)13-6-4-5-7-14(13)17(15)2/h4-8H,3,9-11H2,1-2H3. The van der Waals surface area contributed by atoms with Crippen LogP contribution in [0.2, 0.25) is 0 Å². The molecule has 2 heteroatoms. The molecule has 0 radical (unpaired) electrons. The maximum Gasteiger partial charge on any atom is 0.139 e. The van der Waals surface area contributed by atoms with Crippen molar-refractivity contribution in [3.8, 4) is 0 Å². The lowest BCUT2D eigenvalue weighted by atomic mass is 9.76. The van der Waals surface area contributed by atoms with E-state index in [-0.39, 0.29) is 11.1 Å². The van der Waals surface area contributed by atoms with Crippen LogP contribution < -0.4 is 4.90 Å². The van der Waals surface area contributed by atoms with Gasteiger partial charge in [0.25, 0.3) is 0 Å². The van der Waals surface area contributed by atoms with Gasteiger partial charge in [-0.1, -0.05) is 31.2 Å². The van der Waals surface area contributed by atoms with Crippen molar-refractivity contribution in [2.75, 3.05) is 18.6 Å². The van der Waals surface area contributed by atoms with Crippen LogP contribution in [0.3, 0.4) is 0 Å². The number of nitrogens with zero attached hydrogens (tertiary/aromatic N) is 1. The van der Waals surface area contributed by atoms with Crippen LogP contribution in [0.25, 0.3) is 0 Å². The number of fused-ring (bicyclic) bond motifs is 1. The lowest BCUT2D eigenvalue weighted by Crippen LogP contribution is -2.51. The zero-order chi connectivity index (χ0) is 12.4. The van der Waals surface area contributed by atoms with Crippen LogP contribution in [0.5, 0.6) is 0 Å². The van der Waals surface area contributed by atoms with Crippen LogP contribution >= 0.6 is 0 Å². The molecule has 0 N–H and O–H groups in total. The molecule has 0 amide bonds. The van der Waals surface area contributed by atoms with Crippen molar-refractivity contribution >= 4 is 5.69 Å². The van der Waals surface area contributed by atoms with Crippen LogP contribution in [0.15, 0.2) is 35.9 Å². The van der Waals surface area contributed by atoms with Gasteiger partial charge in [-0.25, -0.2) is 0 Å². The van der Waals surface area contributed by atoms with Crippen molar-refractivity contribution in [3.05, 3.63) is 41.5 Å². The molecule has 1 aromatic carbocycles. The molecule has 18 heavy (non-hydrogen) atoms. The summed E-state index contributed by atoms with van der Waals surface area (Å²) in [6.07, 6.45) is 5.77. The highest BCUT2D eigenvalue weighted by molar-refractivity contribution is 5.71. The van der Waals surface area contributed by atoms with E-state index < -0.39 is 0 Å². The third kappa shape index (κ3) is 0.861. The van der Waals surface area contributed by atoms with E-state index in [0.717, 1.165) is 25.9 Å². The minimum atomic E-state index is -0.146. The molecule has 2 nitrogen and oxygen atoms in total. The fraction of sp³-hybridized carbons (Fsp3) is 0.500. The van der Waals surface area contributed by atoms with Gasteiger partial charge in [0, 0.05) is 18.3 Å². The highest BCUT2D eigenvalue weighted by Crippen LogP contribution is 2.65. The van der Waals surface area contributed by atoms with Crippen molar-refractivity contribution in [2.45, 2.75) is 37.3 Å². The predicted molar refractivity (Wildman–Crippen MR) is 72.8 cm³/mol. The van der Waals surface area contributed by atoms with Gasteiger partial charge in [0.15, 0.2) is 0 Å². The predicted octanol–water partition coefficient (Wildman–Crippen LogP) is 3.23. The molecular formula is C16H19NO. The van der Waals surface area contributed by atoms with E-state index in [1.165, 1.54) is 16.8 Å². The number of likely N-dealkylation sites (N-methyl/N-ethyl adjacent to an activating group) is 1. The van der Waals surface area contributed by atoms with E-state index in [4.69, 9.17) is 4.74 Å². The highest BCUT2D eigenvalue weighted by atomic mass is 16.5. The summed E-state index contributed by atoms with van der Waals surface area (Å²) >= 11 is 0. The number of hydrogen-bond acceptors (Lipinski definition) is 2. The van der Waals surface area contributed by atoms with E-state index in [1.54, 1.807) is 0 Å². The Morgan fingerprint density at radius 2 is 2.17 bits per heavy atom. The molecule has 3 aliphatic rings. The molecule has 1 saturated heterocycles. The van der Waals surface area contributed by atoms with Crippen molar-refractivity contribution in [1.82, 2.24) is 0 Å². The molecule has 2 aliphatic heterocycles. The third-order valence-electron chi connectivity index (χ3n) is 5.30. The van der Waals surface area contributed by atoms with E-state index >= 15 is 0 Å². The number of anilines is 1. The average Bonchev–Trinajstić information content (AvgIpc) is 2.97. The van der Waals surface area contributed by atoms with Crippen LogP contribution in [0, 0.1) is 0 Å². The number of para-hydroxylation sites is 1. The molecule has 1 aromatic rings. The molecule has 1 fully saturated rings. The third-order valence-corrected chi connectivity index (χ3v) is 5.30. The van der Waals surface area contributed by atoms with Gasteiger partial charge >= 0.3 is 0 Å². The van der Waals surface area contributed by atoms with Crippen LogP contribution in [0.1, 0.15) is 31.7 Å². The first-order valence-electron chi connectivity index (χ1n) is 6.93. The maximum absolute atomic E-state index is 6.37. The molecule has 4 rings (SSSR count). The molecule has 2 unspecified atom stereocenters. The van der Waals surface area contributed by atoms with E-state index in [9.17, 15) is 0 Å². The largest absolute Gasteiger partial charge is 0.365 e. The Morgan fingerprint density at radius 1 is 1.33 bits per heavy atom. The first kappa shape index (κ1) is 10.6. The highest BCUT2D eigenvalue weighted by Gasteiger charge is 2.67. The number of hydrogen-bond donors (Lipinski definition) is 0. The molecule has 0 bridgehead atoms. The quantitative estimate of drug-likeness (QED) is 0.700. The van der Waals surface area contributed by atoms with Gasteiger partial charge < -0.3 is 9.64 Å². The summed E-state index contributed by atoms with van der Waals surface area (Å²) < 4.78 is 6.37. The molecule has 0 saturated carbocycles. The second-order valence-corrected chi connectivity index (χ2v) is 5.67. The van der Waals surface area contributed by atoms with E-state index in [1.807, 2.05) is 0 Å². The summed E-state index contributed by atoms with van der Waals surface area (Å²) in [6, 6.07) is 8.77. The number of benzene rings is 1. The Labute approximate surface area is 108 Å². The molecular weight excluding hydrogens is 222 g/mol. The first-order valence-corrected chi connectivity index (χ1v) is 6.93. The summed E-state index contributed by atoms with van der Waals surface area (Å²) in [5.74, 6) is 0. The van der Waals surface area contributed by atoms with Crippen molar-refractivity contribution in [3.63, 3.8) is 0 Å². The summed E-state index contributed by atoms with van der Waals surface area (Å²) in [5.41, 5.74) is 4.23. The summed E-state index contributed by atoms with van der Waals surface area (Å²) in [7, 11) is 2.24. The Bertz CT molecular complexity index is 550. The maximum atomic E-state index is 6.37. The lowest BCUT2D eigenvalue weighted by Gasteiger charge is -2.40. The molecule has 2 atom stereocenters. The summed E-state index contributed by atoms with van der Waals surface area (Å²) in [5, 5.41) is 0. The number of ether oxygens (including phenoxy) is 1. The Balaban J connectivity index is 2.04. The minimum absolute atomic E-state index is 0.146. The molecule has 1 aliphatic carbocycles. The van der Waals surface area contributed by atoms with Gasteiger partial charge in [-0.15, -0.1) is 0 Å². The van der Waals surface area contributed by atoms with Crippen LogP contribution in [0.4, 0.5) is 5.69 Å². The lowest BCUT2D eigenvalue weighted by molar-refractivity contribution is 0.0108. The molecule has 2 heterocycles. The Morgan fingerprint density at radius 3 is 3.00 bits per heavy atom. The minimum Gasteiger partial charge on any atom is -0.365 e. The molecule has 0 aromatic heterocycles. The van der Waals surface area contributed by atoms with Gasteiger partial charge in [0.2, 0.25) is 0 Å². The monoisotopic (exact) mass is 241 g/mol. The fourth-order valence-corrected chi connectivity index (χ4v) is 4.49. The second-order valence-electron chi connectivity index (χ2n) is 5.67. The second kappa shape index (κ2) is 3.18. The molecule has 0 spiro atoms. The summed E-state index contributed by atoms with van der Waals surface area (Å²) in [6.45, 7) is 3.13. The van der Waals surface area contributed by atoms with Gasteiger partial charge in [0.05, 0.1) is 12.1 Å². The van der Waals surface area contributed by atoms with Crippen molar-refractivity contribution in [2.24, 2.45) is 0 Å². The van der Waals surface area contributed by atoms with Crippen molar-refractivity contribution < 1.29 is 4.74 Å². The van der Waals surface area contributed by atoms with Gasteiger partial charge in [-0.3, -0.25) is 0 Å². The normalized spacial score (nSPS) is 36.3. The van der Waals surface area contributed by atoms with Crippen molar-refractivity contribution in [1.29, 1.82) is 0 Å². The Kier molecular flexibility index (Phi) is 1.88. The fourth-order valence-electron chi connectivity index (χ4n) is 4.49. The van der Waals surface area contributed by atoms with Gasteiger partial charge in [-0.2, -0.15) is 0 Å². The zero-order valence-corrected chi connectivity index (χ0v) is 11.1. The van der Waals surface area contributed by atoms with Gasteiger partial charge in [0.1, 0.15) is 5.60 Å². The smallest absolute Gasteiger partial charge is 0.139 e. The Hall–Kier alpha value is -1.28. The first-order chi connectivity index (χ1) is 8.76. The van der Waals surface area contributed by atoms with E-state index in [0.29, 0.717) is 0 Å². The summed E-state index contributed by atoms with van der Waals surface area (Å²) in [4.78, 5) is 2.48. The van der Waals surface area contributed by atoms with Crippen LogP contribution in [-0.2, 0) is 10.3 Å². The van der Waals surface area contributed by atoms with Crippen LogP contribution in [-0.4, -0.2) is 19.2 Å². The molecule has 94 valence electrons. The topological polar surface area (TPSA) is 12.5 Å². The zero-order valence-electron chi connectivity index (χ0n) is 11.1. The SMILES string of the molecule is CCC1=CCC23CCOC12c1ccccc1N3C. The number of rotatable bonds is 1. The van der Waals surface area contributed by atoms with E-state index in [2.05, 4.69) is 49.2 Å². The van der Waals surface area contributed by atoms with Gasteiger partial charge in [-0.05, 0) is 30.9 Å². The average molecular weight is 241 g/mol.